The number of fused-ring (bicyclic) bond motifs is 1. The molecule has 0 saturated carbocycles. The molecule has 0 bridgehead atoms. The summed E-state index contributed by atoms with van der Waals surface area (Å²) >= 11 is 1.61. The van der Waals surface area contributed by atoms with Gasteiger partial charge in [-0.3, -0.25) is 14.4 Å². The quantitative estimate of drug-likeness (QED) is 0.469. The molecule has 38 heavy (non-hydrogen) atoms. The van der Waals surface area contributed by atoms with Gasteiger partial charge in [0.25, 0.3) is 5.91 Å². The molecule has 2 aliphatic heterocycles. The molecule has 2 amide bonds. The fraction of sp³-hybridized carbons (Fsp3) is 0.400. The topological polar surface area (TPSA) is 90.8 Å². The Balaban J connectivity index is 1.27. The average molecular weight is 532 g/mol. The number of aromatic nitrogens is 1. The van der Waals surface area contributed by atoms with Gasteiger partial charge in [0.15, 0.2) is 5.78 Å². The molecular weight excluding hydrogens is 498 g/mol. The summed E-state index contributed by atoms with van der Waals surface area (Å²) in [5.74, 6) is -0.627. The van der Waals surface area contributed by atoms with Crippen molar-refractivity contribution >= 4 is 28.9 Å². The van der Waals surface area contributed by atoms with E-state index in [9.17, 15) is 19.5 Å². The number of carbonyl (C=O) groups is 3. The highest BCUT2D eigenvalue weighted by Crippen LogP contribution is 2.31. The summed E-state index contributed by atoms with van der Waals surface area (Å²) in [4.78, 5) is 48.9. The van der Waals surface area contributed by atoms with Crippen LogP contribution >= 0.6 is 11.3 Å². The maximum atomic E-state index is 13.8. The highest BCUT2D eigenvalue weighted by molar-refractivity contribution is 7.13. The van der Waals surface area contributed by atoms with Gasteiger partial charge in [0.05, 0.1) is 28.2 Å². The van der Waals surface area contributed by atoms with E-state index in [1.165, 1.54) is 4.90 Å². The molecule has 0 radical (unpaired) electrons. The van der Waals surface area contributed by atoms with E-state index in [0.717, 1.165) is 27.3 Å². The van der Waals surface area contributed by atoms with E-state index >= 15 is 0 Å². The van der Waals surface area contributed by atoms with Crippen molar-refractivity contribution in [1.82, 2.24) is 14.8 Å². The lowest BCUT2D eigenvalue weighted by atomic mass is 9.98. The number of nitrogens with zero attached hydrogens (tertiary/aromatic N) is 3. The smallest absolute Gasteiger partial charge is 0.255 e. The Morgan fingerprint density at radius 3 is 2.53 bits per heavy atom. The van der Waals surface area contributed by atoms with Crippen LogP contribution in [0, 0.1) is 12.8 Å². The third-order valence-electron chi connectivity index (χ3n) is 7.63. The number of aryl methyl sites for hydroxylation is 2. The Morgan fingerprint density at radius 2 is 1.87 bits per heavy atom. The molecule has 1 aromatic heterocycles. The van der Waals surface area contributed by atoms with Gasteiger partial charge in [0.2, 0.25) is 5.91 Å². The summed E-state index contributed by atoms with van der Waals surface area (Å²) < 4.78 is 0. The van der Waals surface area contributed by atoms with E-state index in [1.54, 1.807) is 22.3 Å². The maximum absolute atomic E-state index is 13.8. The first-order chi connectivity index (χ1) is 18.2. The number of hydrogen-bond donors (Lipinski definition) is 1. The van der Waals surface area contributed by atoms with Crippen molar-refractivity contribution in [3.8, 4) is 10.4 Å². The van der Waals surface area contributed by atoms with Gasteiger partial charge in [-0.25, -0.2) is 4.98 Å². The molecule has 2 unspecified atom stereocenters. The first-order valence-corrected chi connectivity index (χ1v) is 14.0. The number of thiazole rings is 1. The normalized spacial score (nSPS) is 19.8. The Morgan fingerprint density at radius 1 is 1.13 bits per heavy atom. The van der Waals surface area contributed by atoms with E-state index in [2.05, 4.69) is 4.98 Å². The zero-order valence-electron chi connectivity index (χ0n) is 22.0. The second-order valence-electron chi connectivity index (χ2n) is 10.6. The minimum absolute atomic E-state index is 0.0594. The standard InChI is InChI=1S/C30H33N3O4S/c1-18(2)27(33-15-22-6-4-5-7-24(22)29(33)36)30(37)32-16-23(34)14-25(32)26(35)13-10-20-8-11-21(12-9-20)28-19(3)31-17-38-28/h4-9,11-12,17-18,23,25,27,34H,10,13-16H2,1-3H3/t23?,25-,27?/m0/s1. The zero-order valence-corrected chi connectivity index (χ0v) is 22.8. The number of benzene rings is 2. The van der Waals surface area contributed by atoms with Crippen molar-refractivity contribution in [2.45, 2.75) is 64.8 Å². The molecule has 1 saturated heterocycles. The van der Waals surface area contributed by atoms with Crippen molar-refractivity contribution < 1.29 is 19.5 Å². The van der Waals surface area contributed by atoms with Crippen molar-refractivity contribution in [2.24, 2.45) is 5.92 Å². The molecule has 2 aromatic carbocycles. The van der Waals surface area contributed by atoms with E-state index in [-0.39, 0.29) is 42.9 Å². The lowest BCUT2D eigenvalue weighted by Gasteiger charge is -2.35. The van der Waals surface area contributed by atoms with Crippen LogP contribution in [-0.2, 0) is 22.6 Å². The predicted octanol–water partition coefficient (Wildman–Crippen LogP) is 4.26. The van der Waals surface area contributed by atoms with E-state index in [4.69, 9.17) is 0 Å². The molecule has 1 fully saturated rings. The van der Waals surface area contributed by atoms with Crippen molar-refractivity contribution in [3.63, 3.8) is 0 Å². The predicted molar refractivity (Wildman–Crippen MR) is 147 cm³/mol. The van der Waals surface area contributed by atoms with Gasteiger partial charge in [-0.1, -0.05) is 56.3 Å². The molecular formula is C30H33N3O4S. The number of aliphatic hydroxyl groups excluding tert-OH is 1. The number of rotatable bonds is 8. The molecule has 7 nitrogen and oxygen atoms in total. The summed E-state index contributed by atoms with van der Waals surface area (Å²) in [6.45, 7) is 6.30. The number of hydrogen-bond acceptors (Lipinski definition) is 6. The van der Waals surface area contributed by atoms with Gasteiger partial charge in [-0.05, 0) is 42.0 Å². The number of β-amino-alcohol motifs (C(OH)–C–C–N with tert-alkyl or cyclic N) is 1. The third-order valence-corrected chi connectivity index (χ3v) is 8.60. The minimum Gasteiger partial charge on any atom is -0.391 e. The first kappa shape index (κ1) is 26.3. The average Bonchev–Trinajstić information content (AvgIpc) is 3.60. The number of aliphatic hydroxyl groups is 1. The molecule has 8 heteroatoms. The summed E-state index contributed by atoms with van der Waals surface area (Å²) in [5.41, 5.74) is 6.51. The molecule has 2 aliphatic rings. The minimum atomic E-state index is -0.755. The number of amides is 2. The fourth-order valence-electron chi connectivity index (χ4n) is 5.65. The molecule has 3 aromatic rings. The van der Waals surface area contributed by atoms with Crippen LogP contribution < -0.4 is 0 Å². The summed E-state index contributed by atoms with van der Waals surface area (Å²) in [7, 11) is 0. The van der Waals surface area contributed by atoms with Gasteiger partial charge in [-0.2, -0.15) is 0 Å². The van der Waals surface area contributed by atoms with Crippen molar-refractivity contribution in [3.05, 3.63) is 76.4 Å². The number of likely N-dealkylation sites (tertiary alicyclic amines) is 1. The van der Waals surface area contributed by atoms with Gasteiger partial charge < -0.3 is 14.9 Å². The number of Topliss-reactive ketones (excluding diaryl/α,β-unsaturated/α-hetero) is 1. The Hall–Kier alpha value is -3.36. The Bertz CT molecular complexity index is 1350. The van der Waals surface area contributed by atoms with Crippen LogP contribution in [0.4, 0.5) is 0 Å². The van der Waals surface area contributed by atoms with Crippen LogP contribution in [0.15, 0.2) is 54.0 Å². The van der Waals surface area contributed by atoms with E-state index in [1.807, 2.05) is 68.7 Å². The van der Waals surface area contributed by atoms with Crippen LogP contribution in [0.25, 0.3) is 10.4 Å². The highest BCUT2D eigenvalue weighted by atomic mass is 32.1. The molecule has 3 atom stereocenters. The summed E-state index contributed by atoms with van der Waals surface area (Å²) in [5, 5.41) is 10.4. The van der Waals surface area contributed by atoms with Crippen LogP contribution in [0.3, 0.4) is 0 Å². The van der Waals surface area contributed by atoms with Gasteiger partial charge in [-0.15, -0.1) is 11.3 Å². The number of ketones is 1. The van der Waals surface area contributed by atoms with E-state index < -0.39 is 18.2 Å². The second kappa shape index (κ2) is 10.8. The van der Waals surface area contributed by atoms with Gasteiger partial charge >= 0.3 is 0 Å². The number of carbonyl (C=O) groups excluding carboxylic acids is 3. The molecule has 198 valence electrons. The summed E-state index contributed by atoms with van der Waals surface area (Å²) in [6, 6.07) is 14.2. The Labute approximate surface area is 227 Å². The van der Waals surface area contributed by atoms with Crippen LogP contribution in [0.1, 0.15) is 53.9 Å². The van der Waals surface area contributed by atoms with Gasteiger partial charge in [0, 0.05) is 31.5 Å². The molecule has 1 N–H and O–H groups in total. The molecule has 5 rings (SSSR count). The molecule has 0 aliphatic carbocycles. The lowest BCUT2D eigenvalue weighted by Crippen LogP contribution is -2.54. The maximum Gasteiger partial charge on any atom is 0.255 e. The van der Waals surface area contributed by atoms with Crippen LogP contribution in [0.2, 0.25) is 0 Å². The summed E-state index contributed by atoms with van der Waals surface area (Å²) in [6.07, 6.45) is 0.311. The van der Waals surface area contributed by atoms with Gasteiger partial charge in [0.1, 0.15) is 6.04 Å². The molecule has 3 heterocycles. The second-order valence-corrected chi connectivity index (χ2v) is 11.5. The SMILES string of the molecule is Cc1ncsc1-c1ccc(CCC(=O)[C@@H]2CC(O)CN2C(=O)C(C(C)C)N2Cc3ccccc3C2=O)cc1. The fourth-order valence-corrected chi connectivity index (χ4v) is 6.46. The molecule has 0 spiro atoms. The largest absolute Gasteiger partial charge is 0.391 e. The zero-order chi connectivity index (χ0) is 27.0. The van der Waals surface area contributed by atoms with Crippen LogP contribution in [0.5, 0.6) is 0 Å². The van der Waals surface area contributed by atoms with Crippen molar-refractivity contribution in [1.29, 1.82) is 0 Å². The highest BCUT2D eigenvalue weighted by Gasteiger charge is 2.45. The third kappa shape index (κ3) is 5.02. The Kier molecular flexibility index (Phi) is 7.45. The lowest BCUT2D eigenvalue weighted by molar-refractivity contribution is -0.142. The first-order valence-electron chi connectivity index (χ1n) is 13.1. The van der Waals surface area contributed by atoms with E-state index in [0.29, 0.717) is 18.5 Å². The van der Waals surface area contributed by atoms with Crippen molar-refractivity contribution in [2.75, 3.05) is 6.54 Å². The monoisotopic (exact) mass is 531 g/mol. The van der Waals surface area contributed by atoms with Crippen LogP contribution in [-0.4, -0.2) is 62.2 Å².